The Labute approximate surface area is 112 Å². The van der Waals surface area contributed by atoms with Gasteiger partial charge in [-0.15, -0.1) is 0 Å². The largest absolute Gasteiger partial charge is 0.493 e. The standard InChI is InChI=1S/C13H18N2O4/c1-13(7-14)8-15(12(16)19-13)9-4-5-10(17-2)11(6-9)18-3/h4-6H,7-8,14H2,1-3H3. The zero-order valence-electron chi connectivity index (χ0n) is 11.3. The van der Waals surface area contributed by atoms with Gasteiger partial charge in [0.2, 0.25) is 0 Å². The van der Waals surface area contributed by atoms with E-state index in [0.717, 1.165) is 0 Å². The summed E-state index contributed by atoms with van der Waals surface area (Å²) in [5.74, 6) is 1.18. The van der Waals surface area contributed by atoms with Gasteiger partial charge < -0.3 is 19.9 Å². The topological polar surface area (TPSA) is 74.0 Å². The molecule has 0 aliphatic carbocycles. The second-order valence-corrected chi connectivity index (χ2v) is 4.65. The highest BCUT2D eigenvalue weighted by molar-refractivity contribution is 5.90. The van der Waals surface area contributed by atoms with Crippen molar-refractivity contribution in [1.82, 2.24) is 0 Å². The Hall–Kier alpha value is -1.95. The third-order valence-electron chi connectivity index (χ3n) is 3.16. The number of methoxy groups -OCH3 is 2. The van der Waals surface area contributed by atoms with Crippen molar-refractivity contribution < 1.29 is 19.0 Å². The first kappa shape index (κ1) is 13.5. The fourth-order valence-corrected chi connectivity index (χ4v) is 1.99. The molecule has 1 aliphatic heterocycles. The Bertz CT molecular complexity index is 492. The lowest BCUT2D eigenvalue weighted by molar-refractivity contribution is 0.0789. The zero-order chi connectivity index (χ0) is 14.0. The molecule has 1 aliphatic rings. The molecule has 2 N–H and O–H groups in total. The predicted molar refractivity (Wildman–Crippen MR) is 70.8 cm³/mol. The van der Waals surface area contributed by atoms with Crippen LogP contribution in [-0.4, -0.2) is 39.0 Å². The van der Waals surface area contributed by atoms with Crippen LogP contribution in [0.15, 0.2) is 18.2 Å². The van der Waals surface area contributed by atoms with Gasteiger partial charge in [0.1, 0.15) is 5.60 Å². The van der Waals surface area contributed by atoms with Gasteiger partial charge in [0, 0.05) is 12.6 Å². The maximum atomic E-state index is 11.9. The first-order chi connectivity index (χ1) is 9.03. The van der Waals surface area contributed by atoms with Crippen LogP contribution in [0.2, 0.25) is 0 Å². The molecule has 2 rings (SSSR count). The summed E-state index contributed by atoms with van der Waals surface area (Å²) in [7, 11) is 3.11. The lowest BCUT2D eigenvalue weighted by Gasteiger charge is -2.19. The third kappa shape index (κ3) is 2.44. The molecule has 1 amide bonds. The molecule has 1 aromatic rings. The number of rotatable bonds is 4. The van der Waals surface area contributed by atoms with Crippen LogP contribution in [-0.2, 0) is 4.74 Å². The maximum Gasteiger partial charge on any atom is 0.415 e. The molecule has 1 aromatic carbocycles. The van der Waals surface area contributed by atoms with Crippen LogP contribution >= 0.6 is 0 Å². The average molecular weight is 266 g/mol. The molecule has 1 unspecified atom stereocenters. The normalized spacial score (nSPS) is 22.3. The zero-order valence-corrected chi connectivity index (χ0v) is 11.3. The molecule has 6 heteroatoms. The maximum absolute atomic E-state index is 11.9. The molecule has 0 bridgehead atoms. The van der Waals surface area contributed by atoms with E-state index in [9.17, 15) is 4.79 Å². The Morgan fingerprint density at radius 3 is 2.58 bits per heavy atom. The van der Waals surface area contributed by atoms with E-state index < -0.39 is 11.7 Å². The summed E-state index contributed by atoms with van der Waals surface area (Å²) in [5, 5.41) is 0. The number of nitrogens with zero attached hydrogens (tertiary/aromatic N) is 1. The molecule has 1 atom stereocenters. The quantitative estimate of drug-likeness (QED) is 0.891. The fourth-order valence-electron chi connectivity index (χ4n) is 1.99. The minimum Gasteiger partial charge on any atom is -0.493 e. The molecule has 104 valence electrons. The van der Waals surface area contributed by atoms with Crippen LogP contribution in [0, 0.1) is 0 Å². The summed E-state index contributed by atoms with van der Waals surface area (Å²) in [6, 6.07) is 5.27. The predicted octanol–water partition coefficient (Wildman–Crippen LogP) is 1.38. The van der Waals surface area contributed by atoms with Gasteiger partial charge in [-0.1, -0.05) is 0 Å². The number of anilines is 1. The van der Waals surface area contributed by atoms with Crippen LogP contribution < -0.4 is 20.1 Å². The van der Waals surface area contributed by atoms with Crippen LogP contribution in [0.3, 0.4) is 0 Å². The number of nitrogens with two attached hydrogens (primary N) is 1. The molecule has 6 nitrogen and oxygen atoms in total. The van der Waals surface area contributed by atoms with Crippen LogP contribution in [0.1, 0.15) is 6.92 Å². The Morgan fingerprint density at radius 1 is 1.37 bits per heavy atom. The Balaban J connectivity index is 2.30. The molecule has 1 heterocycles. The van der Waals surface area contributed by atoms with Gasteiger partial charge in [-0.2, -0.15) is 0 Å². The summed E-state index contributed by atoms with van der Waals surface area (Å²) in [6.07, 6.45) is -0.403. The summed E-state index contributed by atoms with van der Waals surface area (Å²) in [5.41, 5.74) is 5.67. The highest BCUT2D eigenvalue weighted by Gasteiger charge is 2.41. The number of hydrogen-bond donors (Lipinski definition) is 1. The number of ether oxygens (including phenoxy) is 3. The van der Waals surface area contributed by atoms with Crippen molar-refractivity contribution >= 4 is 11.8 Å². The van der Waals surface area contributed by atoms with Crippen molar-refractivity contribution in [3.05, 3.63) is 18.2 Å². The van der Waals surface area contributed by atoms with Crippen LogP contribution in [0.5, 0.6) is 11.5 Å². The van der Waals surface area contributed by atoms with Crippen molar-refractivity contribution in [3.8, 4) is 11.5 Å². The minimum atomic E-state index is -0.649. The first-order valence-corrected chi connectivity index (χ1v) is 5.95. The van der Waals surface area contributed by atoms with Crippen molar-refractivity contribution in [2.75, 3.05) is 32.2 Å². The van der Waals surface area contributed by atoms with E-state index in [1.807, 2.05) is 6.92 Å². The molecule has 0 aromatic heterocycles. The van der Waals surface area contributed by atoms with Gasteiger partial charge >= 0.3 is 6.09 Å². The first-order valence-electron chi connectivity index (χ1n) is 5.95. The van der Waals surface area contributed by atoms with Gasteiger partial charge in [0.15, 0.2) is 11.5 Å². The van der Waals surface area contributed by atoms with Crippen molar-refractivity contribution in [3.63, 3.8) is 0 Å². The van der Waals surface area contributed by atoms with E-state index in [1.54, 1.807) is 32.4 Å². The smallest absolute Gasteiger partial charge is 0.415 e. The van der Waals surface area contributed by atoms with Gasteiger partial charge in [0.25, 0.3) is 0 Å². The summed E-state index contributed by atoms with van der Waals surface area (Å²) in [4.78, 5) is 13.4. The molecule has 0 saturated carbocycles. The van der Waals surface area contributed by atoms with Crippen molar-refractivity contribution in [2.24, 2.45) is 5.73 Å². The van der Waals surface area contributed by atoms with E-state index in [0.29, 0.717) is 23.7 Å². The highest BCUT2D eigenvalue weighted by atomic mass is 16.6. The van der Waals surface area contributed by atoms with E-state index >= 15 is 0 Å². The number of carbonyl (C=O) groups is 1. The van der Waals surface area contributed by atoms with E-state index in [2.05, 4.69) is 0 Å². The van der Waals surface area contributed by atoms with Gasteiger partial charge in [-0.3, -0.25) is 4.90 Å². The summed E-state index contributed by atoms with van der Waals surface area (Å²) in [6.45, 7) is 2.51. The lowest BCUT2D eigenvalue weighted by atomic mass is 10.1. The monoisotopic (exact) mass is 266 g/mol. The highest BCUT2D eigenvalue weighted by Crippen LogP contribution is 2.34. The average Bonchev–Trinajstić information content (AvgIpc) is 2.74. The molecule has 0 radical (unpaired) electrons. The van der Waals surface area contributed by atoms with E-state index in [-0.39, 0.29) is 6.54 Å². The van der Waals surface area contributed by atoms with E-state index in [1.165, 1.54) is 4.90 Å². The minimum absolute atomic E-state index is 0.280. The van der Waals surface area contributed by atoms with Crippen LogP contribution in [0.4, 0.5) is 10.5 Å². The summed E-state index contributed by atoms with van der Waals surface area (Å²) < 4.78 is 15.7. The molecule has 1 fully saturated rings. The second kappa shape index (κ2) is 4.97. The number of hydrogen-bond acceptors (Lipinski definition) is 5. The molecule has 1 saturated heterocycles. The molecule has 0 spiro atoms. The van der Waals surface area contributed by atoms with Crippen molar-refractivity contribution in [1.29, 1.82) is 0 Å². The number of cyclic esters (lactones) is 1. The summed E-state index contributed by atoms with van der Waals surface area (Å²) >= 11 is 0. The fraction of sp³-hybridized carbons (Fsp3) is 0.462. The number of amides is 1. The van der Waals surface area contributed by atoms with Gasteiger partial charge in [-0.05, 0) is 19.1 Å². The second-order valence-electron chi connectivity index (χ2n) is 4.65. The van der Waals surface area contributed by atoms with E-state index in [4.69, 9.17) is 19.9 Å². The molecular weight excluding hydrogens is 248 g/mol. The number of carbonyl (C=O) groups excluding carboxylic acids is 1. The SMILES string of the molecule is COc1ccc(N2CC(C)(CN)OC2=O)cc1OC. The van der Waals surface area contributed by atoms with Crippen molar-refractivity contribution in [2.45, 2.75) is 12.5 Å². The third-order valence-corrected chi connectivity index (χ3v) is 3.16. The van der Waals surface area contributed by atoms with Crippen LogP contribution in [0.25, 0.3) is 0 Å². The Morgan fingerprint density at radius 2 is 2.05 bits per heavy atom. The van der Waals surface area contributed by atoms with Gasteiger partial charge in [0.05, 0.1) is 26.5 Å². The van der Waals surface area contributed by atoms with Gasteiger partial charge in [-0.25, -0.2) is 4.79 Å². The number of benzene rings is 1. The lowest BCUT2D eigenvalue weighted by Crippen LogP contribution is -2.38. The Kier molecular flexibility index (Phi) is 3.53. The molecule has 19 heavy (non-hydrogen) atoms. The molecular formula is C13H18N2O4.